The highest BCUT2D eigenvalue weighted by molar-refractivity contribution is 7.98. The molecular formula is C15H20N2OS2. The zero-order valence-electron chi connectivity index (χ0n) is 11.6. The van der Waals surface area contributed by atoms with E-state index in [0.29, 0.717) is 16.8 Å². The number of nitrogens with two attached hydrogens (primary N) is 1. The Morgan fingerprint density at radius 2 is 2.20 bits per heavy atom. The number of nitrogens with zero attached hydrogens (tertiary/aromatic N) is 1. The van der Waals surface area contributed by atoms with Gasteiger partial charge in [-0.05, 0) is 37.1 Å². The number of anilines is 1. The van der Waals surface area contributed by atoms with Crippen molar-refractivity contribution in [2.75, 3.05) is 24.2 Å². The third-order valence-electron chi connectivity index (χ3n) is 4.63. The van der Waals surface area contributed by atoms with Gasteiger partial charge in [-0.2, -0.15) is 0 Å². The molecule has 0 spiro atoms. The summed E-state index contributed by atoms with van der Waals surface area (Å²) in [6.07, 6.45) is 3.99. The first kappa shape index (κ1) is 14.2. The van der Waals surface area contributed by atoms with Gasteiger partial charge < -0.3 is 15.7 Å². The molecule has 3 atom stereocenters. The zero-order valence-corrected chi connectivity index (χ0v) is 13.2. The van der Waals surface area contributed by atoms with Crippen LogP contribution in [0.5, 0.6) is 0 Å². The minimum atomic E-state index is -0.137. The van der Waals surface area contributed by atoms with Gasteiger partial charge in [0, 0.05) is 35.2 Å². The van der Waals surface area contributed by atoms with Gasteiger partial charge in [0.2, 0.25) is 0 Å². The fourth-order valence-electron chi connectivity index (χ4n) is 3.63. The molecule has 1 saturated carbocycles. The van der Waals surface area contributed by atoms with E-state index >= 15 is 0 Å². The SMILES string of the molecule is CSc1cccc(N2CC3CCC(O)C3C2)c1C(N)=S. The minimum absolute atomic E-state index is 0.137. The number of benzene rings is 1. The molecule has 1 aromatic rings. The molecule has 2 aliphatic rings. The Morgan fingerprint density at radius 1 is 1.40 bits per heavy atom. The summed E-state index contributed by atoms with van der Waals surface area (Å²) in [4.78, 5) is 3.95. The van der Waals surface area contributed by atoms with E-state index in [0.717, 1.165) is 42.1 Å². The molecule has 1 heterocycles. The fraction of sp³-hybridized carbons (Fsp3) is 0.533. The third-order valence-corrected chi connectivity index (χ3v) is 5.61. The summed E-state index contributed by atoms with van der Waals surface area (Å²) in [6.45, 7) is 1.93. The van der Waals surface area contributed by atoms with Crippen molar-refractivity contribution in [2.24, 2.45) is 17.6 Å². The maximum Gasteiger partial charge on any atom is 0.107 e. The number of thioether (sulfide) groups is 1. The standard InChI is InChI=1S/C15H20N2OS2/c1-20-13-4-2-3-11(14(13)15(16)19)17-7-9-5-6-12(18)10(9)8-17/h2-4,9-10,12,18H,5-8H2,1H3,(H2,16,19). The molecule has 0 bridgehead atoms. The lowest BCUT2D eigenvalue weighted by atomic mass is 10.00. The second-order valence-electron chi connectivity index (χ2n) is 5.69. The summed E-state index contributed by atoms with van der Waals surface area (Å²) in [5, 5.41) is 10.1. The van der Waals surface area contributed by atoms with Gasteiger partial charge in [-0.15, -0.1) is 11.8 Å². The van der Waals surface area contributed by atoms with Crippen LogP contribution in [0.25, 0.3) is 0 Å². The Balaban J connectivity index is 1.93. The van der Waals surface area contributed by atoms with Gasteiger partial charge in [-0.1, -0.05) is 18.3 Å². The van der Waals surface area contributed by atoms with Gasteiger partial charge in [-0.3, -0.25) is 0 Å². The normalized spacial score (nSPS) is 28.7. The highest BCUT2D eigenvalue weighted by atomic mass is 32.2. The molecule has 0 radical (unpaired) electrons. The van der Waals surface area contributed by atoms with Gasteiger partial charge in [0.1, 0.15) is 4.99 Å². The second-order valence-corrected chi connectivity index (χ2v) is 6.98. The molecule has 20 heavy (non-hydrogen) atoms. The molecule has 1 aliphatic carbocycles. The molecule has 1 aliphatic heterocycles. The van der Waals surface area contributed by atoms with Gasteiger partial charge in [0.15, 0.2) is 0 Å². The summed E-state index contributed by atoms with van der Waals surface area (Å²) in [7, 11) is 0. The predicted octanol–water partition coefficient (Wildman–Crippen LogP) is 2.25. The molecule has 5 heteroatoms. The van der Waals surface area contributed by atoms with Gasteiger partial charge in [0.25, 0.3) is 0 Å². The van der Waals surface area contributed by atoms with Gasteiger partial charge >= 0.3 is 0 Å². The summed E-state index contributed by atoms with van der Waals surface area (Å²) in [6, 6.07) is 6.23. The molecule has 1 aromatic carbocycles. The van der Waals surface area contributed by atoms with Crippen molar-refractivity contribution in [3.8, 4) is 0 Å². The topological polar surface area (TPSA) is 49.5 Å². The Kier molecular flexibility index (Phi) is 3.93. The van der Waals surface area contributed by atoms with Crippen molar-refractivity contribution < 1.29 is 5.11 Å². The first-order chi connectivity index (χ1) is 9.61. The van der Waals surface area contributed by atoms with E-state index in [1.54, 1.807) is 11.8 Å². The number of aliphatic hydroxyl groups excluding tert-OH is 1. The lowest BCUT2D eigenvalue weighted by Gasteiger charge is -2.24. The van der Waals surface area contributed by atoms with Crippen molar-refractivity contribution in [1.82, 2.24) is 0 Å². The molecule has 108 valence electrons. The minimum Gasteiger partial charge on any atom is -0.393 e. The molecular weight excluding hydrogens is 288 g/mol. The summed E-state index contributed by atoms with van der Waals surface area (Å²) < 4.78 is 0. The van der Waals surface area contributed by atoms with Crippen LogP contribution in [0.15, 0.2) is 23.1 Å². The third kappa shape index (κ3) is 2.32. The predicted molar refractivity (Wildman–Crippen MR) is 88.5 cm³/mol. The van der Waals surface area contributed by atoms with Crippen LogP contribution in [-0.2, 0) is 0 Å². The van der Waals surface area contributed by atoms with Crippen LogP contribution in [-0.4, -0.2) is 35.5 Å². The highest BCUT2D eigenvalue weighted by Crippen LogP contribution is 2.41. The van der Waals surface area contributed by atoms with Crippen molar-refractivity contribution in [3.05, 3.63) is 23.8 Å². The van der Waals surface area contributed by atoms with Crippen LogP contribution in [0.4, 0.5) is 5.69 Å². The summed E-state index contributed by atoms with van der Waals surface area (Å²) >= 11 is 6.93. The maximum atomic E-state index is 10.1. The summed E-state index contributed by atoms with van der Waals surface area (Å²) in [5.74, 6) is 1.02. The van der Waals surface area contributed by atoms with Gasteiger partial charge in [-0.25, -0.2) is 0 Å². The van der Waals surface area contributed by atoms with E-state index in [1.807, 2.05) is 6.26 Å². The smallest absolute Gasteiger partial charge is 0.107 e. The zero-order chi connectivity index (χ0) is 14.3. The molecule has 3 N–H and O–H groups in total. The molecule has 3 nitrogen and oxygen atoms in total. The second kappa shape index (κ2) is 5.54. The van der Waals surface area contributed by atoms with E-state index in [4.69, 9.17) is 18.0 Å². The van der Waals surface area contributed by atoms with E-state index in [2.05, 4.69) is 23.1 Å². The first-order valence-corrected chi connectivity index (χ1v) is 8.65. The molecule has 3 rings (SSSR count). The fourth-order valence-corrected chi connectivity index (χ4v) is 4.55. The first-order valence-electron chi connectivity index (χ1n) is 7.01. The molecule has 0 aromatic heterocycles. The Labute approximate surface area is 129 Å². The molecule has 3 unspecified atom stereocenters. The lowest BCUT2D eigenvalue weighted by Crippen LogP contribution is -2.27. The van der Waals surface area contributed by atoms with Crippen molar-refractivity contribution >= 4 is 34.7 Å². The molecule has 1 saturated heterocycles. The van der Waals surface area contributed by atoms with Crippen LogP contribution in [0.1, 0.15) is 18.4 Å². The highest BCUT2D eigenvalue weighted by Gasteiger charge is 2.42. The average molecular weight is 308 g/mol. The molecule has 0 amide bonds. The van der Waals surface area contributed by atoms with E-state index < -0.39 is 0 Å². The van der Waals surface area contributed by atoms with E-state index in [9.17, 15) is 5.11 Å². The van der Waals surface area contributed by atoms with Crippen molar-refractivity contribution in [2.45, 2.75) is 23.8 Å². The number of rotatable bonds is 3. The number of fused-ring (bicyclic) bond motifs is 1. The number of thiocarbonyl (C=S) groups is 1. The Hall–Kier alpha value is -0.780. The van der Waals surface area contributed by atoms with Crippen LogP contribution in [0.3, 0.4) is 0 Å². The van der Waals surface area contributed by atoms with E-state index in [1.165, 1.54) is 0 Å². The monoisotopic (exact) mass is 308 g/mol. The Morgan fingerprint density at radius 3 is 2.85 bits per heavy atom. The number of hydrogen-bond acceptors (Lipinski definition) is 4. The lowest BCUT2D eigenvalue weighted by molar-refractivity contribution is 0.133. The van der Waals surface area contributed by atoms with Crippen LogP contribution in [0.2, 0.25) is 0 Å². The van der Waals surface area contributed by atoms with Crippen LogP contribution in [0, 0.1) is 11.8 Å². The average Bonchev–Trinajstić information content (AvgIpc) is 3.00. The quantitative estimate of drug-likeness (QED) is 0.662. The number of aliphatic hydroxyl groups is 1. The maximum absolute atomic E-state index is 10.1. The van der Waals surface area contributed by atoms with Crippen LogP contribution < -0.4 is 10.6 Å². The van der Waals surface area contributed by atoms with Crippen molar-refractivity contribution in [3.63, 3.8) is 0 Å². The van der Waals surface area contributed by atoms with Crippen molar-refractivity contribution in [1.29, 1.82) is 0 Å². The number of hydrogen-bond donors (Lipinski definition) is 2. The Bertz CT molecular complexity index is 535. The molecule has 2 fully saturated rings. The van der Waals surface area contributed by atoms with E-state index in [-0.39, 0.29) is 6.10 Å². The summed E-state index contributed by atoms with van der Waals surface area (Å²) in [5.41, 5.74) is 8.06. The van der Waals surface area contributed by atoms with Gasteiger partial charge in [0.05, 0.1) is 6.10 Å². The largest absolute Gasteiger partial charge is 0.393 e. The van der Waals surface area contributed by atoms with Crippen LogP contribution >= 0.6 is 24.0 Å².